The second kappa shape index (κ2) is 9.89. The van der Waals surface area contributed by atoms with Crippen molar-refractivity contribution in [1.82, 2.24) is 4.90 Å². The molecular weight excluding hydrogens is 478 g/mol. The van der Waals surface area contributed by atoms with Crippen LogP contribution in [0.15, 0.2) is 0 Å². The van der Waals surface area contributed by atoms with Crippen molar-refractivity contribution in [2.75, 3.05) is 13.2 Å². The molecule has 0 spiro atoms. The Morgan fingerprint density at radius 1 is 0.947 bits per heavy atom. The summed E-state index contributed by atoms with van der Waals surface area (Å²) in [4.78, 5) is 40.3. The fraction of sp³-hybridized carbons (Fsp3) is 0.906. The van der Waals surface area contributed by atoms with Crippen LogP contribution in [0.5, 0.6) is 0 Å². The van der Waals surface area contributed by atoms with Crippen LogP contribution in [-0.4, -0.2) is 52.0 Å². The van der Waals surface area contributed by atoms with Gasteiger partial charge in [-0.2, -0.15) is 0 Å². The number of Topliss-reactive ketones (excluding diaryl/α,β-unsaturated/α-hetero) is 2. The zero-order valence-electron chi connectivity index (χ0n) is 24.4. The molecule has 0 aromatic carbocycles. The Hall–Kier alpha value is -1.43. The van der Waals surface area contributed by atoms with Crippen LogP contribution in [0, 0.1) is 57.7 Å². The molecule has 6 nitrogen and oxygen atoms in total. The molecule has 6 heteroatoms. The lowest BCUT2D eigenvalue weighted by molar-refractivity contribution is -0.172. The van der Waals surface area contributed by atoms with Gasteiger partial charge >= 0.3 is 6.09 Å². The Morgan fingerprint density at radius 3 is 2.26 bits per heavy atom. The summed E-state index contributed by atoms with van der Waals surface area (Å²) in [5.41, 5.74) is -0.338. The van der Waals surface area contributed by atoms with Crippen LogP contribution in [0.25, 0.3) is 0 Å². The molecule has 4 saturated carbocycles. The third-order valence-electron chi connectivity index (χ3n) is 12.7. The van der Waals surface area contributed by atoms with Gasteiger partial charge in [0.2, 0.25) is 0 Å². The minimum Gasteiger partial charge on any atom is -0.465 e. The van der Waals surface area contributed by atoms with Gasteiger partial charge in [0, 0.05) is 36.3 Å². The second-order valence-electron chi connectivity index (χ2n) is 15.4. The van der Waals surface area contributed by atoms with E-state index in [0.29, 0.717) is 36.5 Å². The van der Waals surface area contributed by atoms with E-state index in [1.54, 1.807) is 4.90 Å². The molecule has 4 aliphatic carbocycles. The quantitative estimate of drug-likeness (QED) is 0.452. The fourth-order valence-electron chi connectivity index (χ4n) is 10.3. The van der Waals surface area contributed by atoms with Crippen molar-refractivity contribution < 1.29 is 24.6 Å². The average molecular weight is 530 g/mol. The molecule has 7 unspecified atom stereocenters. The highest BCUT2D eigenvalue weighted by atomic mass is 16.4. The molecule has 5 fully saturated rings. The van der Waals surface area contributed by atoms with Crippen molar-refractivity contribution in [3.05, 3.63) is 0 Å². The number of piperidine rings is 1. The number of carbonyl (C=O) groups excluding carboxylic acids is 2. The Balaban J connectivity index is 1.27. The number of rotatable bonds is 4. The van der Waals surface area contributed by atoms with Crippen LogP contribution < -0.4 is 0 Å². The van der Waals surface area contributed by atoms with Gasteiger partial charge in [-0.05, 0) is 91.8 Å². The normalized spacial score (nSPS) is 45.4. The maximum atomic E-state index is 14.0. The first-order chi connectivity index (χ1) is 17.8. The molecule has 0 aromatic rings. The molecule has 5 rings (SSSR count). The van der Waals surface area contributed by atoms with Crippen LogP contribution in [-0.2, 0) is 9.59 Å². The van der Waals surface area contributed by atoms with Gasteiger partial charge in [0.15, 0.2) is 0 Å². The predicted octanol–water partition coefficient (Wildman–Crippen LogP) is 6.20. The van der Waals surface area contributed by atoms with E-state index in [4.69, 9.17) is 0 Å². The average Bonchev–Trinajstić information content (AvgIpc) is 3.17. The third kappa shape index (κ3) is 4.45. The maximum Gasteiger partial charge on any atom is 0.407 e. The monoisotopic (exact) mass is 529 g/mol. The summed E-state index contributed by atoms with van der Waals surface area (Å²) in [6, 6.07) is 0.0551. The number of amides is 1. The van der Waals surface area contributed by atoms with E-state index in [1.165, 1.54) is 6.42 Å². The lowest BCUT2D eigenvalue weighted by atomic mass is 9.42. The zero-order valence-corrected chi connectivity index (χ0v) is 24.4. The molecule has 214 valence electrons. The summed E-state index contributed by atoms with van der Waals surface area (Å²) >= 11 is 0. The van der Waals surface area contributed by atoms with Crippen molar-refractivity contribution in [3.8, 4) is 0 Å². The summed E-state index contributed by atoms with van der Waals surface area (Å²) < 4.78 is 0. The van der Waals surface area contributed by atoms with Crippen molar-refractivity contribution in [2.45, 2.75) is 111 Å². The highest BCUT2D eigenvalue weighted by molar-refractivity contribution is 5.91. The fourth-order valence-corrected chi connectivity index (χ4v) is 10.3. The van der Waals surface area contributed by atoms with E-state index in [1.807, 2.05) is 0 Å². The topological polar surface area (TPSA) is 94.9 Å². The van der Waals surface area contributed by atoms with E-state index >= 15 is 0 Å². The van der Waals surface area contributed by atoms with Gasteiger partial charge < -0.3 is 15.1 Å². The molecule has 38 heavy (non-hydrogen) atoms. The van der Waals surface area contributed by atoms with E-state index in [0.717, 1.165) is 57.8 Å². The van der Waals surface area contributed by atoms with Crippen LogP contribution in [0.4, 0.5) is 4.79 Å². The number of hydrogen-bond donors (Lipinski definition) is 2. The smallest absolute Gasteiger partial charge is 0.407 e. The van der Waals surface area contributed by atoms with Crippen LogP contribution in [0.2, 0.25) is 0 Å². The largest absolute Gasteiger partial charge is 0.465 e. The highest BCUT2D eigenvalue weighted by Gasteiger charge is 2.65. The lowest BCUT2D eigenvalue weighted by Crippen LogP contribution is -2.61. The first-order valence-electron chi connectivity index (χ1n) is 15.5. The molecule has 5 aliphatic rings. The van der Waals surface area contributed by atoms with Crippen LogP contribution >= 0.6 is 0 Å². The third-order valence-corrected chi connectivity index (χ3v) is 12.7. The van der Waals surface area contributed by atoms with Gasteiger partial charge in [-0.1, -0.05) is 47.5 Å². The van der Waals surface area contributed by atoms with Crippen molar-refractivity contribution in [1.29, 1.82) is 0 Å². The molecule has 1 amide bonds. The Kier molecular flexibility index (Phi) is 7.31. The van der Waals surface area contributed by atoms with Gasteiger partial charge in [-0.3, -0.25) is 9.59 Å². The minimum absolute atomic E-state index is 0.0519. The molecule has 0 aromatic heterocycles. The van der Waals surface area contributed by atoms with Crippen molar-refractivity contribution in [3.63, 3.8) is 0 Å². The maximum absolute atomic E-state index is 14.0. The van der Waals surface area contributed by atoms with Crippen LogP contribution in [0.1, 0.15) is 105 Å². The summed E-state index contributed by atoms with van der Waals surface area (Å²) in [6.07, 6.45) is 10.0. The first kappa shape index (κ1) is 28.1. The summed E-state index contributed by atoms with van der Waals surface area (Å²) in [6.45, 7) is 11.5. The van der Waals surface area contributed by atoms with Crippen molar-refractivity contribution in [2.24, 2.45) is 57.7 Å². The van der Waals surface area contributed by atoms with E-state index in [2.05, 4.69) is 34.6 Å². The Labute approximate surface area is 229 Å². The Morgan fingerprint density at radius 2 is 1.63 bits per heavy atom. The number of nitrogens with zero attached hydrogens (tertiary/aromatic N) is 1. The number of fused-ring (bicyclic) bond motifs is 5. The Bertz CT molecular complexity index is 956. The lowest BCUT2D eigenvalue weighted by Gasteiger charge is -2.61. The molecule has 2 N–H and O–H groups in total. The molecule has 10 atom stereocenters. The predicted molar refractivity (Wildman–Crippen MR) is 147 cm³/mol. The van der Waals surface area contributed by atoms with Gasteiger partial charge in [0.05, 0.1) is 6.61 Å². The number of aliphatic hydroxyl groups is 1. The zero-order chi connectivity index (χ0) is 27.6. The number of carbonyl (C=O) groups is 3. The number of likely N-dealkylation sites (tertiary alicyclic amines) is 1. The number of hydrogen-bond acceptors (Lipinski definition) is 4. The SMILES string of the molecule is CC(C)(C)C1CC(CCC2CC[C@]3(C)C4CC[C@]5(C)C(=O)CCC5C4C(=O)[C@H](CO)C3C2)CCN1C(=O)O. The molecule has 0 bridgehead atoms. The highest BCUT2D eigenvalue weighted by Crippen LogP contribution is 2.66. The van der Waals surface area contributed by atoms with Crippen LogP contribution in [0.3, 0.4) is 0 Å². The minimum atomic E-state index is -0.796. The molecule has 0 radical (unpaired) electrons. The van der Waals surface area contributed by atoms with Gasteiger partial charge in [-0.15, -0.1) is 0 Å². The van der Waals surface area contributed by atoms with E-state index < -0.39 is 6.09 Å². The standard InChI is InChI=1S/C32H51NO5/c1-30(2,3)25-17-20(12-15-33(25)29(37)38)7-6-19-10-13-31(4)23-11-14-32(5)22(8-9-26(32)35)27(23)28(36)21(18-34)24(31)16-19/h19-25,27,34H,6-18H2,1-5H3,(H,37,38)/t19?,20?,21-,22?,23?,24?,25?,27?,31-,32+/m1/s1. The summed E-state index contributed by atoms with van der Waals surface area (Å²) in [5.74, 6) is 2.14. The van der Waals surface area contributed by atoms with Gasteiger partial charge in [0.1, 0.15) is 11.6 Å². The van der Waals surface area contributed by atoms with E-state index in [-0.39, 0.29) is 58.3 Å². The number of ketones is 2. The first-order valence-corrected chi connectivity index (χ1v) is 15.5. The molecule has 1 saturated heterocycles. The number of aliphatic hydroxyl groups excluding tert-OH is 1. The molecule has 1 aliphatic heterocycles. The van der Waals surface area contributed by atoms with Gasteiger partial charge in [0.25, 0.3) is 0 Å². The number of carboxylic acid groups (broad SMARTS) is 1. The molecular formula is C32H51NO5. The van der Waals surface area contributed by atoms with Crippen molar-refractivity contribution >= 4 is 17.7 Å². The van der Waals surface area contributed by atoms with Gasteiger partial charge in [-0.25, -0.2) is 4.79 Å². The second-order valence-corrected chi connectivity index (χ2v) is 15.4. The summed E-state index contributed by atoms with van der Waals surface area (Å²) in [7, 11) is 0. The summed E-state index contributed by atoms with van der Waals surface area (Å²) in [5, 5.41) is 20.2. The van der Waals surface area contributed by atoms with E-state index in [9.17, 15) is 24.6 Å². The molecule has 1 heterocycles.